The maximum Gasteiger partial charge on any atom is 0.573 e. The van der Waals surface area contributed by atoms with Crippen LogP contribution in [0.5, 0.6) is 5.75 Å². The van der Waals surface area contributed by atoms with E-state index in [0.717, 1.165) is 4.47 Å². The van der Waals surface area contributed by atoms with E-state index in [4.69, 9.17) is 5.73 Å². The Labute approximate surface area is 135 Å². The molecule has 0 aromatic heterocycles. The normalized spacial score (nSPS) is 11.3. The molecule has 0 unspecified atom stereocenters. The predicted octanol–water partition coefficient (Wildman–Crippen LogP) is 5.44. The molecule has 0 saturated heterocycles. The van der Waals surface area contributed by atoms with Crippen molar-refractivity contribution in [3.63, 3.8) is 0 Å². The number of benzene rings is 2. The van der Waals surface area contributed by atoms with Gasteiger partial charge >= 0.3 is 6.36 Å². The maximum absolute atomic E-state index is 12.4. The summed E-state index contributed by atoms with van der Waals surface area (Å²) in [4.78, 5) is 0. The van der Waals surface area contributed by atoms with Crippen molar-refractivity contribution in [3.05, 3.63) is 45.3 Å². The van der Waals surface area contributed by atoms with Crippen LogP contribution < -0.4 is 15.8 Å². The van der Waals surface area contributed by atoms with Crippen LogP contribution in [-0.2, 0) is 0 Å². The average molecular weight is 426 g/mol. The Balaban J connectivity index is 2.37. The maximum atomic E-state index is 12.4. The van der Waals surface area contributed by atoms with Crippen molar-refractivity contribution >= 4 is 48.9 Å². The van der Waals surface area contributed by atoms with Gasteiger partial charge in [0.25, 0.3) is 0 Å². The van der Waals surface area contributed by atoms with Crippen LogP contribution in [0.2, 0.25) is 0 Å². The Bertz CT molecular complexity index is 662. The fourth-order valence-electron chi connectivity index (χ4n) is 1.59. The topological polar surface area (TPSA) is 47.3 Å². The first-order valence-corrected chi connectivity index (χ1v) is 7.20. The molecule has 112 valence electrons. The summed E-state index contributed by atoms with van der Waals surface area (Å²) in [5.41, 5.74) is 6.81. The van der Waals surface area contributed by atoms with Crippen molar-refractivity contribution < 1.29 is 17.9 Å². The molecular formula is C13H9Br2F3N2O. The summed E-state index contributed by atoms with van der Waals surface area (Å²) < 4.78 is 42.5. The van der Waals surface area contributed by atoms with Crippen molar-refractivity contribution in [3.8, 4) is 5.75 Å². The zero-order valence-electron chi connectivity index (χ0n) is 10.3. The molecule has 8 heteroatoms. The third kappa shape index (κ3) is 4.53. The molecule has 0 radical (unpaired) electrons. The van der Waals surface area contributed by atoms with E-state index in [9.17, 15) is 13.2 Å². The van der Waals surface area contributed by atoms with Gasteiger partial charge in [0.05, 0.1) is 17.1 Å². The summed E-state index contributed by atoms with van der Waals surface area (Å²) in [6.07, 6.45) is -4.78. The molecule has 0 heterocycles. The standard InChI is InChI=1S/C13H9Br2F3N2O/c14-7-1-3-9(19)11(5-7)20-10-4-2-8(15)6-12(10)21-13(16,17)18/h1-6,20H,19H2. The summed E-state index contributed by atoms with van der Waals surface area (Å²) in [6, 6.07) is 9.31. The van der Waals surface area contributed by atoms with Gasteiger partial charge in [-0.05, 0) is 36.4 Å². The lowest BCUT2D eigenvalue weighted by Gasteiger charge is -2.16. The molecule has 2 aromatic carbocycles. The number of hydrogen-bond acceptors (Lipinski definition) is 3. The second-order valence-electron chi connectivity index (χ2n) is 4.04. The number of nitrogens with two attached hydrogens (primary N) is 1. The highest BCUT2D eigenvalue weighted by Gasteiger charge is 2.32. The first kappa shape index (κ1) is 16.0. The number of nitrogens with one attached hydrogen (secondary N) is 1. The SMILES string of the molecule is Nc1ccc(Br)cc1Nc1ccc(Br)cc1OC(F)(F)F. The number of rotatable bonds is 3. The molecular weight excluding hydrogens is 417 g/mol. The summed E-state index contributed by atoms with van der Waals surface area (Å²) >= 11 is 6.38. The molecule has 0 aliphatic carbocycles. The predicted molar refractivity (Wildman–Crippen MR) is 82.7 cm³/mol. The lowest BCUT2D eigenvalue weighted by Crippen LogP contribution is -2.18. The van der Waals surface area contributed by atoms with Gasteiger partial charge in [0, 0.05) is 8.95 Å². The van der Waals surface area contributed by atoms with Crippen molar-refractivity contribution in [2.24, 2.45) is 0 Å². The molecule has 0 atom stereocenters. The average Bonchev–Trinajstić information content (AvgIpc) is 2.35. The van der Waals surface area contributed by atoms with Gasteiger partial charge in [0.2, 0.25) is 0 Å². The minimum absolute atomic E-state index is 0.153. The Morgan fingerprint density at radius 3 is 2.24 bits per heavy atom. The van der Waals surface area contributed by atoms with Crippen molar-refractivity contribution in [2.45, 2.75) is 6.36 Å². The van der Waals surface area contributed by atoms with E-state index in [2.05, 4.69) is 41.9 Å². The van der Waals surface area contributed by atoms with E-state index in [1.807, 2.05) is 0 Å². The van der Waals surface area contributed by atoms with Crippen LogP contribution in [0.3, 0.4) is 0 Å². The lowest BCUT2D eigenvalue weighted by molar-refractivity contribution is -0.274. The van der Waals surface area contributed by atoms with Gasteiger partial charge < -0.3 is 15.8 Å². The molecule has 3 N–H and O–H groups in total. The Hall–Kier alpha value is -1.41. The Morgan fingerprint density at radius 2 is 1.57 bits per heavy atom. The van der Waals surface area contributed by atoms with Gasteiger partial charge in [0.1, 0.15) is 0 Å². The van der Waals surface area contributed by atoms with E-state index >= 15 is 0 Å². The zero-order valence-corrected chi connectivity index (χ0v) is 13.5. The van der Waals surface area contributed by atoms with Crippen LogP contribution >= 0.6 is 31.9 Å². The van der Waals surface area contributed by atoms with Gasteiger partial charge in [-0.15, -0.1) is 13.2 Å². The largest absolute Gasteiger partial charge is 0.573 e. The number of nitrogen functional groups attached to an aromatic ring is 1. The first-order chi connectivity index (χ1) is 9.74. The number of ether oxygens (including phenoxy) is 1. The summed E-state index contributed by atoms with van der Waals surface area (Å²) in [6.45, 7) is 0. The van der Waals surface area contributed by atoms with Gasteiger partial charge in [0.15, 0.2) is 5.75 Å². The van der Waals surface area contributed by atoms with Crippen LogP contribution in [0, 0.1) is 0 Å². The number of hydrogen-bond donors (Lipinski definition) is 2. The van der Waals surface area contributed by atoms with Crippen LogP contribution in [0.25, 0.3) is 0 Å². The van der Waals surface area contributed by atoms with E-state index in [-0.39, 0.29) is 11.4 Å². The first-order valence-electron chi connectivity index (χ1n) is 5.62. The van der Waals surface area contributed by atoms with Crippen LogP contribution in [-0.4, -0.2) is 6.36 Å². The van der Waals surface area contributed by atoms with E-state index in [0.29, 0.717) is 15.8 Å². The van der Waals surface area contributed by atoms with E-state index in [1.165, 1.54) is 12.1 Å². The highest BCUT2D eigenvalue weighted by molar-refractivity contribution is 9.10. The van der Waals surface area contributed by atoms with Crippen molar-refractivity contribution in [1.82, 2.24) is 0 Å². The molecule has 2 rings (SSSR count). The molecule has 0 bridgehead atoms. The van der Waals surface area contributed by atoms with Crippen LogP contribution in [0.4, 0.5) is 30.2 Å². The van der Waals surface area contributed by atoms with E-state index in [1.54, 1.807) is 24.3 Å². The van der Waals surface area contributed by atoms with E-state index < -0.39 is 6.36 Å². The molecule has 0 aliphatic heterocycles. The van der Waals surface area contributed by atoms with Gasteiger partial charge in [-0.2, -0.15) is 0 Å². The summed E-state index contributed by atoms with van der Waals surface area (Å²) in [5, 5.41) is 2.83. The fraction of sp³-hybridized carbons (Fsp3) is 0.0769. The van der Waals surface area contributed by atoms with Crippen molar-refractivity contribution in [1.29, 1.82) is 0 Å². The fourth-order valence-corrected chi connectivity index (χ4v) is 2.29. The van der Waals surface area contributed by atoms with Gasteiger partial charge in [-0.3, -0.25) is 0 Å². The van der Waals surface area contributed by atoms with Crippen LogP contribution in [0.1, 0.15) is 0 Å². The second kappa shape index (κ2) is 6.15. The highest BCUT2D eigenvalue weighted by atomic mass is 79.9. The van der Waals surface area contributed by atoms with Gasteiger partial charge in [-0.25, -0.2) is 0 Å². The molecule has 2 aromatic rings. The lowest BCUT2D eigenvalue weighted by atomic mass is 10.2. The third-order valence-corrected chi connectivity index (χ3v) is 3.44. The minimum Gasteiger partial charge on any atom is -0.404 e. The quantitative estimate of drug-likeness (QED) is 0.644. The Morgan fingerprint density at radius 1 is 0.952 bits per heavy atom. The monoisotopic (exact) mass is 424 g/mol. The molecule has 0 amide bonds. The smallest absolute Gasteiger partial charge is 0.404 e. The molecule has 3 nitrogen and oxygen atoms in total. The molecule has 21 heavy (non-hydrogen) atoms. The molecule has 0 aliphatic rings. The Kier molecular flexibility index (Phi) is 4.67. The summed E-state index contributed by atoms with van der Waals surface area (Å²) in [5.74, 6) is -0.351. The molecule has 0 spiro atoms. The second-order valence-corrected chi connectivity index (χ2v) is 5.88. The zero-order chi connectivity index (χ0) is 15.6. The molecule has 0 fully saturated rings. The molecule has 0 saturated carbocycles. The number of halogens is 5. The third-order valence-electron chi connectivity index (χ3n) is 2.45. The van der Waals surface area contributed by atoms with Gasteiger partial charge in [-0.1, -0.05) is 31.9 Å². The number of alkyl halides is 3. The number of anilines is 3. The summed E-state index contributed by atoms with van der Waals surface area (Å²) in [7, 11) is 0. The van der Waals surface area contributed by atoms with Crippen LogP contribution in [0.15, 0.2) is 45.3 Å². The van der Waals surface area contributed by atoms with Crippen molar-refractivity contribution in [2.75, 3.05) is 11.1 Å². The minimum atomic E-state index is -4.78. The highest BCUT2D eigenvalue weighted by Crippen LogP contribution is 2.36.